The van der Waals surface area contributed by atoms with Gasteiger partial charge in [-0.3, -0.25) is 4.79 Å². The van der Waals surface area contributed by atoms with Crippen molar-refractivity contribution >= 4 is 29.9 Å². The van der Waals surface area contributed by atoms with E-state index in [2.05, 4.69) is 10.6 Å². The van der Waals surface area contributed by atoms with Crippen LogP contribution in [0, 0.1) is 5.92 Å². The monoisotopic (exact) mass is 304 g/mol. The number of hydrogen-bond donors (Lipinski definition) is 3. The zero-order chi connectivity index (χ0) is 13.0. The maximum absolute atomic E-state index is 11.8. The molecule has 19 heavy (non-hydrogen) atoms. The first-order valence-electron chi connectivity index (χ1n) is 6.09. The van der Waals surface area contributed by atoms with Crippen LogP contribution in [-0.2, 0) is 4.79 Å². The molecule has 4 nitrogen and oxygen atoms in total. The molecule has 1 aromatic carbocycles. The van der Waals surface area contributed by atoms with Crippen LogP contribution in [-0.4, -0.2) is 30.6 Å². The molecule has 1 fully saturated rings. The number of carbonyl (C=O) groups is 1. The van der Waals surface area contributed by atoms with Gasteiger partial charge in [-0.25, -0.2) is 0 Å². The van der Waals surface area contributed by atoms with Gasteiger partial charge in [0, 0.05) is 23.7 Å². The molecule has 0 aromatic heterocycles. The van der Waals surface area contributed by atoms with Crippen molar-refractivity contribution in [2.45, 2.75) is 12.5 Å². The lowest BCUT2D eigenvalue weighted by atomic mass is 10.1. The van der Waals surface area contributed by atoms with Crippen LogP contribution >= 0.6 is 24.0 Å². The number of aliphatic hydroxyl groups excluding tert-OH is 1. The van der Waals surface area contributed by atoms with Crippen LogP contribution < -0.4 is 10.6 Å². The molecular formula is C13H18Cl2N2O2. The van der Waals surface area contributed by atoms with Crippen LogP contribution in [0.3, 0.4) is 0 Å². The molecule has 2 rings (SSSR count). The predicted octanol–water partition coefficient (Wildman–Crippen LogP) is 1.52. The highest BCUT2D eigenvalue weighted by atomic mass is 35.5. The minimum absolute atomic E-state index is 0. The summed E-state index contributed by atoms with van der Waals surface area (Å²) in [5, 5.41) is 16.4. The molecule has 0 radical (unpaired) electrons. The van der Waals surface area contributed by atoms with E-state index in [-0.39, 0.29) is 30.8 Å². The summed E-state index contributed by atoms with van der Waals surface area (Å²) in [6, 6.07) is 7.10. The SMILES string of the molecule is Cl.O=C(NCC(O)c1ccccc1Cl)C1CCNC1. The molecule has 6 heteroatoms. The van der Waals surface area contributed by atoms with Crippen molar-refractivity contribution in [3.63, 3.8) is 0 Å². The molecule has 2 atom stereocenters. The van der Waals surface area contributed by atoms with Crippen LogP contribution in [0.15, 0.2) is 24.3 Å². The summed E-state index contributed by atoms with van der Waals surface area (Å²) in [6.07, 6.45) is 0.0885. The lowest BCUT2D eigenvalue weighted by molar-refractivity contribution is -0.124. The summed E-state index contributed by atoms with van der Waals surface area (Å²) in [5.74, 6) is 0.00884. The van der Waals surface area contributed by atoms with Crippen molar-refractivity contribution in [3.05, 3.63) is 34.9 Å². The van der Waals surface area contributed by atoms with Gasteiger partial charge in [0.1, 0.15) is 0 Å². The van der Waals surface area contributed by atoms with E-state index < -0.39 is 6.10 Å². The van der Waals surface area contributed by atoms with Crippen LogP contribution in [0.25, 0.3) is 0 Å². The van der Waals surface area contributed by atoms with Gasteiger partial charge < -0.3 is 15.7 Å². The zero-order valence-electron chi connectivity index (χ0n) is 10.4. The highest BCUT2D eigenvalue weighted by Gasteiger charge is 2.22. The fraction of sp³-hybridized carbons (Fsp3) is 0.462. The lowest BCUT2D eigenvalue weighted by Gasteiger charge is -2.15. The lowest BCUT2D eigenvalue weighted by Crippen LogP contribution is -2.34. The molecule has 0 aliphatic carbocycles. The molecule has 1 aliphatic heterocycles. The average Bonchev–Trinajstić information content (AvgIpc) is 2.90. The van der Waals surface area contributed by atoms with E-state index in [1.54, 1.807) is 18.2 Å². The van der Waals surface area contributed by atoms with Gasteiger partial charge in [-0.2, -0.15) is 0 Å². The Bertz CT molecular complexity index is 423. The van der Waals surface area contributed by atoms with Gasteiger partial charge in [-0.15, -0.1) is 12.4 Å². The molecule has 0 spiro atoms. The second-order valence-electron chi connectivity index (χ2n) is 4.47. The molecule has 106 valence electrons. The Morgan fingerprint density at radius 1 is 1.53 bits per heavy atom. The maximum Gasteiger partial charge on any atom is 0.224 e. The Hall–Kier alpha value is -0.810. The van der Waals surface area contributed by atoms with Gasteiger partial charge in [-0.05, 0) is 19.0 Å². The number of hydrogen-bond acceptors (Lipinski definition) is 3. The Balaban J connectivity index is 0.00000180. The summed E-state index contributed by atoms with van der Waals surface area (Å²) in [5.41, 5.74) is 0.643. The topological polar surface area (TPSA) is 61.4 Å². The quantitative estimate of drug-likeness (QED) is 0.790. The Labute approximate surface area is 123 Å². The van der Waals surface area contributed by atoms with Crippen molar-refractivity contribution in [3.8, 4) is 0 Å². The van der Waals surface area contributed by atoms with E-state index in [4.69, 9.17) is 11.6 Å². The molecule has 1 aliphatic rings. The largest absolute Gasteiger partial charge is 0.387 e. The minimum Gasteiger partial charge on any atom is -0.387 e. The zero-order valence-corrected chi connectivity index (χ0v) is 12.0. The second-order valence-corrected chi connectivity index (χ2v) is 4.88. The predicted molar refractivity (Wildman–Crippen MR) is 77.6 cm³/mol. The standard InChI is InChI=1S/C13H17ClN2O2.ClH/c14-11-4-2-1-3-10(11)12(17)8-16-13(18)9-5-6-15-7-9;/h1-4,9,12,15,17H,5-8H2,(H,16,18);1H. The molecule has 1 saturated heterocycles. The van der Waals surface area contributed by atoms with E-state index >= 15 is 0 Å². The van der Waals surface area contributed by atoms with Crippen molar-refractivity contribution in [2.24, 2.45) is 5.92 Å². The summed E-state index contributed by atoms with van der Waals surface area (Å²) in [6.45, 7) is 1.79. The highest BCUT2D eigenvalue weighted by Crippen LogP contribution is 2.22. The van der Waals surface area contributed by atoms with Gasteiger partial charge >= 0.3 is 0 Å². The fourth-order valence-corrected chi connectivity index (χ4v) is 2.34. The highest BCUT2D eigenvalue weighted by molar-refractivity contribution is 6.31. The van der Waals surface area contributed by atoms with Crippen LogP contribution in [0.2, 0.25) is 5.02 Å². The van der Waals surface area contributed by atoms with Crippen molar-refractivity contribution in [1.29, 1.82) is 0 Å². The van der Waals surface area contributed by atoms with E-state index in [0.717, 1.165) is 13.0 Å². The van der Waals surface area contributed by atoms with Crippen molar-refractivity contribution in [1.82, 2.24) is 10.6 Å². The normalized spacial score (nSPS) is 19.6. The molecule has 1 amide bonds. The molecule has 1 heterocycles. The van der Waals surface area contributed by atoms with Crippen molar-refractivity contribution < 1.29 is 9.90 Å². The molecule has 2 unspecified atom stereocenters. The van der Waals surface area contributed by atoms with E-state index in [1.807, 2.05) is 6.07 Å². The van der Waals surface area contributed by atoms with E-state index in [0.29, 0.717) is 17.1 Å². The number of benzene rings is 1. The molecular weight excluding hydrogens is 287 g/mol. The third-order valence-corrected chi connectivity index (χ3v) is 3.51. The molecule has 3 N–H and O–H groups in total. The van der Waals surface area contributed by atoms with Crippen molar-refractivity contribution in [2.75, 3.05) is 19.6 Å². The molecule has 1 aromatic rings. The summed E-state index contributed by atoms with van der Waals surface area (Å²) in [4.78, 5) is 11.8. The molecule has 0 bridgehead atoms. The summed E-state index contributed by atoms with van der Waals surface area (Å²) >= 11 is 5.98. The first kappa shape index (κ1) is 16.2. The Morgan fingerprint density at radius 2 is 2.26 bits per heavy atom. The number of amides is 1. The van der Waals surface area contributed by atoms with Crippen LogP contribution in [0.5, 0.6) is 0 Å². The second kappa shape index (κ2) is 7.70. The third-order valence-electron chi connectivity index (χ3n) is 3.16. The number of nitrogens with one attached hydrogen (secondary N) is 2. The Kier molecular flexibility index (Phi) is 6.58. The minimum atomic E-state index is -0.767. The first-order chi connectivity index (χ1) is 8.68. The fourth-order valence-electron chi connectivity index (χ4n) is 2.08. The van der Waals surface area contributed by atoms with Gasteiger partial charge in [0.05, 0.1) is 12.0 Å². The Morgan fingerprint density at radius 3 is 2.89 bits per heavy atom. The summed E-state index contributed by atoms with van der Waals surface area (Å²) in [7, 11) is 0. The van der Waals surface area contributed by atoms with Crippen LogP contribution in [0.1, 0.15) is 18.1 Å². The van der Waals surface area contributed by atoms with Crippen LogP contribution in [0.4, 0.5) is 0 Å². The third kappa shape index (κ3) is 4.35. The summed E-state index contributed by atoms with van der Waals surface area (Å²) < 4.78 is 0. The van der Waals surface area contributed by atoms with Gasteiger partial charge in [0.25, 0.3) is 0 Å². The van der Waals surface area contributed by atoms with E-state index in [9.17, 15) is 9.90 Å². The number of carbonyl (C=O) groups excluding carboxylic acids is 1. The van der Waals surface area contributed by atoms with Gasteiger partial charge in [0.2, 0.25) is 5.91 Å². The van der Waals surface area contributed by atoms with Gasteiger partial charge in [-0.1, -0.05) is 29.8 Å². The number of aliphatic hydroxyl groups is 1. The van der Waals surface area contributed by atoms with E-state index in [1.165, 1.54) is 0 Å². The number of rotatable bonds is 4. The van der Waals surface area contributed by atoms with Gasteiger partial charge in [0.15, 0.2) is 0 Å². The average molecular weight is 305 g/mol. The molecule has 0 saturated carbocycles. The first-order valence-corrected chi connectivity index (χ1v) is 6.47. The maximum atomic E-state index is 11.8. The number of halogens is 2. The smallest absolute Gasteiger partial charge is 0.224 e.